The molecule has 148 valence electrons. The molecule has 0 bridgehead atoms. The summed E-state index contributed by atoms with van der Waals surface area (Å²) in [6.07, 6.45) is -1.01. The van der Waals surface area contributed by atoms with Crippen molar-refractivity contribution in [2.24, 2.45) is 0 Å². The molecule has 28 heavy (non-hydrogen) atoms. The minimum atomic E-state index is -2.56. The minimum absolute atomic E-state index is 0.0863. The number of rotatable bonds is 6. The van der Waals surface area contributed by atoms with Gasteiger partial charge in [0.05, 0.1) is 11.1 Å². The molecule has 1 aliphatic heterocycles. The van der Waals surface area contributed by atoms with Crippen LogP contribution in [0, 0.1) is 0 Å². The molecule has 1 aliphatic rings. The van der Waals surface area contributed by atoms with E-state index in [4.69, 9.17) is 14.2 Å². The molecule has 0 N–H and O–H groups in total. The highest BCUT2D eigenvalue weighted by molar-refractivity contribution is 7.62. The Hall–Kier alpha value is -2.43. The zero-order valence-corrected chi connectivity index (χ0v) is 16.7. The normalized spacial score (nSPS) is 21.9. The fourth-order valence-electron chi connectivity index (χ4n) is 2.96. The highest BCUT2D eigenvalue weighted by Gasteiger charge is 2.43. The van der Waals surface area contributed by atoms with Gasteiger partial charge in [0.1, 0.15) is 31.8 Å². The second-order valence-electron chi connectivity index (χ2n) is 7.07. The lowest BCUT2D eigenvalue weighted by atomic mass is 10.2. The number of carbonyl (C=O) groups is 2. The molecule has 7 heteroatoms. The van der Waals surface area contributed by atoms with Crippen LogP contribution in [-0.2, 0) is 18.8 Å². The van der Waals surface area contributed by atoms with Crippen molar-refractivity contribution < 1.29 is 28.4 Å². The van der Waals surface area contributed by atoms with Crippen molar-refractivity contribution >= 4 is 19.1 Å². The zero-order chi connectivity index (χ0) is 20.1. The predicted molar refractivity (Wildman–Crippen MR) is 105 cm³/mol. The Kier molecular flexibility index (Phi) is 6.32. The standard InChI is InChI=1S/C21H23O6P/c1-28(2,24)19-13-17(27-21(23)16-11-7-4-8-12-16)18(26-19)14-25-20(22)15-9-5-3-6-10-15/h3-12,17-19H,13-14H2,1-2H3/t17-,18-,19+/m1/s1. The number of carbonyl (C=O) groups excluding carboxylic acids is 2. The second kappa shape index (κ2) is 8.72. The second-order valence-corrected chi connectivity index (χ2v) is 10.5. The van der Waals surface area contributed by atoms with Gasteiger partial charge in [-0.05, 0) is 37.6 Å². The highest BCUT2D eigenvalue weighted by Crippen LogP contribution is 2.49. The van der Waals surface area contributed by atoms with Gasteiger partial charge in [0.15, 0.2) is 0 Å². The van der Waals surface area contributed by atoms with Gasteiger partial charge in [-0.25, -0.2) is 9.59 Å². The van der Waals surface area contributed by atoms with Crippen molar-refractivity contribution in [1.82, 2.24) is 0 Å². The van der Waals surface area contributed by atoms with Crippen molar-refractivity contribution in [1.29, 1.82) is 0 Å². The monoisotopic (exact) mass is 402 g/mol. The molecule has 6 nitrogen and oxygen atoms in total. The predicted octanol–water partition coefficient (Wildman–Crippen LogP) is 3.81. The highest BCUT2D eigenvalue weighted by atomic mass is 31.2. The van der Waals surface area contributed by atoms with E-state index in [2.05, 4.69) is 0 Å². The maximum absolute atomic E-state index is 12.5. The molecule has 0 aromatic heterocycles. The van der Waals surface area contributed by atoms with Crippen molar-refractivity contribution in [3.8, 4) is 0 Å². The maximum atomic E-state index is 12.5. The number of ether oxygens (including phenoxy) is 3. The fraction of sp³-hybridized carbons (Fsp3) is 0.333. The van der Waals surface area contributed by atoms with Crippen LogP contribution in [0.3, 0.4) is 0 Å². The van der Waals surface area contributed by atoms with E-state index in [9.17, 15) is 14.2 Å². The third kappa shape index (κ3) is 5.09. The summed E-state index contributed by atoms with van der Waals surface area (Å²) < 4.78 is 29.2. The van der Waals surface area contributed by atoms with Crippen LogP contribution in [0.4, 0.5) is 0 Å². The molecule has 0 unspecified atom stereocenters. The first-order valence-electron chi connectivity index (χ1n) is 9.03. The molecule has 2 aromatic carbocycles. The van der Waals surface area contributed by atoms with Gasteiger partial charge in [-0.2, -0.15) is 0 Å². The molecule has 3 atom stereocenters. The van der Waals surface area contributed by atoms with Crippen molar-refractivity contribution in [2.75, 3.05) is 19.9 Å². The molecule has 0 amide bonds. The zero-order valence-electron chi connectivity index (χ0n) is 15.8. The van der Waals surface area contributed by atoms with E-state index in [1.54, 1.807) is 67.9 Å². The molecule has 2 aromatic rings. The van der Waals surface area contributed by atoms with Crippen molar-refractivity contribution in [2.45, 2.75) is 24.5 Å². The van der Waals surface area contributed by atoms with Gasteiger partial charge in [0.2, 0.25) is 0 Å². The first-order chi connectivity index (χ1) is 13.3. The van der Waals surface area contributed by atoms with Crippen molar-refractivity contribution in [3.63, 3.8) is 0 Å². The van der Waals surface area contributed by atoms with Crippen LogP contribution in [0.1, 0.15) is 27.1 Å². The third-order valence-electron chi connectivity index (χ3n) is 4.53. The van der Waals surface area contributed by atoms with Crippen LogP contribution in [0.15, 0.2) is 60.7 Å². The van der Waals surface area contributed by atoms with E-state index >= 15 is 0 Å². The Balaban J connectivity index is 1.68. The Morgan fingerprint density at radius 1 is 0.964 bits per heavy atom. The minimum Gasteiger partial charge on any atom is -0.459 e. The van der Waals surface area contributed by atoms with Gasteiger partial charge in [-0.3, -0.25) is 0 Å². The Labute approximate surface area is 164 Å². The van der Waals surface area contributed by atoms with Gasteiger partial charge in [0, 0.05) is 6.42 Å². The molecule has 1 saturated heterocycles. The van der Waals surface area contributed by atoms with Gasteiger partial charge >= 0.3 is 11.9 Å². The summed E-state index contributed by atoms with van der Waals surface area (Å²) in [5.74, 6) is -1.52. The maximum Gasteiger partial charge on any atom is 0.338 e. The van der Waals surface area contributed by atoms with Gasteiger partial charge in [-0.1, -0.05) is 36.4 Å². The fourth-order valence-corrected chi connectivity index (χ4v) is 4.13. The molecule has 0 spiro atoms. The average molecular weight is 402 g/mol. The quantitative estimate of drug-likeness (QED) is 0.540. The van der Waals surface area contributed by atoms with Crippen LogP contribution in [0.25, 0.3) is 0 Å². The van der Waals surface area contributed by atoms with Crippen LogP contribution < -0.4 is 0 Å². The van der Waals surface area contributed by atoms with Crippen LogP contribution in [-0.4, -0.2) is 49.9 Å². The number of esters is 2. The molecular formula is C21H23O6P. The lowest BCUT2D eigenvalue weighted by molar-refractivity contribution is -0.0324. The van der Waals surface area contributed by atoms with E-state index in [1.165, 1.54) is 0 Å². The first kappa shape index (κ1) is 20.3. The van der Waals surface area contributed by atoms with Gasteiger partial charge < -0.3 is 18.8 Å². The largest absolute Gasteiger partial charge is 0.459 e. The summed E-state index contributed by atoms with van der Waals surface area (Å²) >= 11 is 0. The van der Waals surface area contributed by atoms with Crippen molar-refractivity contribution in [3.05, 3.63) is 71.8 Å². The third-order valence-corrected chi connectivity index (χ3v) is 6.25. The van der Waals surface area contributed by atoms with Gasteiger partial charge in [0.25, 0.3) is 0 Å². The number of hydrogen-bond acceptors (Lipinski definition) is 6. The topological polar surface area (TPSA) is 78.9 Å². The van der Waals surface area contributed by atoms with E-state index in [0.29, 0.717) is 17.5 Å². The molecule has 0 radical (unpaired) electrons. The summed E-state index contributed by atoms with van der Waals surface area (Å²) in [4.78, 5) is 24.6. The lowest BCUT2D eigenvalue weighted by Gasteiger charge is -2.19. The van der Waals surface area contributed by atoms with Crippen LogP contribution in [0.2, 0.25) is 0 Å². The van der Waals surface area contributed by atoms with E-state index in [0.717, 1.165) is 0 Å². The number of benzene rings is 2. The summed E-state index contributed by atoms with van der Waals surface area (Å²) in [5, 5.41) is 0. The SMILES string of the molecule is CP(C)(=O)[C@H]1C[C@@H](OC(=O)c2ccccc2)[C@@H](COC(=O)c2ccccc2)O1. The first-order valence-corrected chi connectivity index (χ1v) is 11.7. The van der Waals surface area contributed by atoms with E-state index in [1.807, 2.05) is 6.07 Å². The Bertz CT molecular complexity index is 861. The molecule has 1 fully saturated rings. The van der Waals surface area contributed by atoms with E-state index < -0.39 is 37.1 Å². The Morgan fingerprint density at radius 3 is 2.04 bits per heavy atom. The van der Waals surface area contributed by atoms with Gasteiger partial charge in [-0.15, -0.1) is 0 Å². The summed E-state index contributed by atoms with van der Waals surface area (Å²) in [7, 11) is -2.56. The molecule has 0 saturated carbocycles. The lowest BCUT2D eigenvalue weighted by Crippen LogP contribution is -2.32. The average Bonchev–Trinajstić information content (AvgIpc) is 3.10. The summed E-state index contributed by atoms with van der Waals surface area (Å²) in [6.45, 7) is 3.18. The molecular weight excluding hydrogens is 379 g/mol. The molecule has 3 rings (SSSR count). The van der Waals surface area contributed by atoms with E-state index in [-0.39, 0.29) is 6.61 Å². The van der Waals surface area contributed by atoms with Crippen LogP contribution in [0.5, 0.6) is 0 Å². The Morgan fingerprint density at radius 2 is 1.50 bits per heavy atom. The molecule has 1 heterocycles. The number of hydrogen-bond donors (Lipinski definition) is 0. The molecule has 0 aliphatic carbocycles. The smallest absolute Gasteiger partial charge is 0.338 e. The summed E-state index contributed by atoms with van der Waals surface area (Å²) in [5.41, 5.74) is 0.841. The van der Waals surface area contributed by atoms with Crippen LogP contribution >= 0.6 is 7.14 Å². The summed E-state index contributed by atoms with van der Waals surface area (Å²) in [6, 6.07) is 17.2.